The second-order valence-electron chi connectivity index (χ2n) is 8.10. The number of hydrogen-bond donors (Lipinski definition) is 1. The van der Waals surface area contributed by atoms with Crippen molar-refractivity contribution in [2.45, 2.75) is 26.2 Å². The molecule has 1 heteroatoms. The second kappa shape index (κ2) is 7.60. The molecule has 3 aromatic carbocycles. The summed E-state index contributed by atoms with van der Waals surface area (Å²) in [6.07, 6.45) is 4.25. The summed E-state index contributed by atoms with van der Waals surface area (Å²) >= 11 is 0. The van der Waals surface area contributed by atoms with Crippen LogP contribution in [0.1, 0.15) is 31.9 Å². The summed E-state index contributed by atoms with van der Waals surface area (Å²) in [5, 5.41) is 3.55. The first kappa shape index (κ1) is 19.0. The normalized spacial score (nSPS) is 15.2. The maximum atomic E-state index is 4.08. The SMILES string of the molecule is C=CC1=C(/C=C(\C)Nc2ccc(-c3ccccc3)cc2)C(C)(C)c2ccccc21. The Hall–Kier alpha value is -3.32. The Kier molecular flexibility index (Phi) is 4.98. The van der Waals surface area contributed by atoms with Crippen LogP contribution in [-0.2, 0) is 5.41 Å². The van der Waals surface area contributed by atoms with Gasteiger partial charge in [0.25, 0.3) is 0 Å². The predicted molar refractivity (Wildman–Crippen MR) is 126 cm³/mol. The van der Waals surface area contributed by atoms with Gasteiger partial charge < -0.3 is 5.32 Å². The summed E-state index contributed by atoms with van der Waals surface area (Å²) in [5.41, 5.74) is 9.81. The van der Waals surface area contributed by atoms with Gasteiger partial charge in [0.05, 0.1) is 0 Å². The van der Waals surface area contributed by atoms with E-state index in [1.165, 1.54) is 33.4 Å². The highest BCUT2D eigenvalue weighted by Gasteiger charge is 2.35. The van der Waals surface area contributed by atoms with E-state index in [1.807, 2.05) is 12.1 Å². The lowest BCUT2D eigenvalue weighted by molar-refractivity contribution is 0.653. The van der Waals surface area contributed by atoms with E-state index >= 15 is 0 Å². The first-order valence-corrected chi connectivity index (χ1v) is 10.1. The molecular formula is C28H27N. The number of nitrogens with one attached hydrogen (secondary N) is 1. The molecule has 1 N–H and O–H groups in total. The number of benzene rings is 3. The first-order chi connectivity index (χ1) is 14.0. The molecule has 0 saturated carbocycles. The molecule has 0 amide bonds. The second-order valence-corrected chi connectivity index (χ2v) is 8.10. The van der Waals surface area contributed by atoms with Crippen LogP contribution < -0.4 is 5.32 Å². The van der Waals surface area contributed by atoms with E-state index < -0.39 is 0 Å². The van der Waals surface area contributed by atoms with Crippen LogP contribution in [-0.4, -0.2) is 0 Å². The third kappa shape index (κ3) is 3.56. The highest BCUT2D eigenvalue weighted by atomic mass is 14.9. The highest BCUT2D eigenvalue weighted by Crippen LogP contribution is 2.47. The Labute approximate surface area is 174 Å². The van der Waals surface area contributed by atoms with Gasteiger partial charge in [0.15, 0.2) is 0 Å². The summed E-state index contributed by atoms with van der Waals surface area (Å²) in [5.74, 6) is 0. The molecule has 0 aromatic heterocycles. The minimum absolute atomic E-state index is 0.0414. The summed E-state index contributed by atoms with van der Waals surface area (Å²) < 4.78 is 0. The standard InChI is InChI=1S/C28H27N/c1-5-24-25-13-9-10-14-26(25)28(3,4)27(24)19-20(2)29-23-17-15-22(16-18-23)21-11-7-6-8-12-21/h5-19,29H,1H2,2-4H3/b20-19+. The zero-order valence-corrected chi connectivity index (χ0v) is 17.4. The zero-order valence-electron chi connectivity index (χ0n) is 17.4. The average molecular weight is 378 g/mol. The Morgan fingerprint density at radius 3 is 2.14 bits per heavy atom. The van der Waals surface area contributed by atoms with Gasteiger partial charge in [0.2, 0.25) is 0 Å². The molecule has 0 bridgehead atoms. The fourth-order valence-corrected chi connectivity index (χ4v) is 4.22. The average Bonchev–Trinajstić information content (AvgIpc) is 2.96. The van der Waals surface area contributed by atoms with E-state index in [0.29, 0.717) is 0 Å². The molecule has 29 heavy (non-hydrogen) atoms. The van der Waals surface area contributed by atoms with Gasteiger partial charge in [-0.05, 0) is 58.5 Å². The van der Waals surface area contributed by atoms with Crippen LogP contribution in [0.25, 0.3) is 16.7 Å². The van der Waals surface area contributed by atoms with Crippen LogP contribution in [0.2, 0.25) is 0 Å². The molecular weight excluding hydrogens is 350 g/mol. The van der Waals surface area contributed by atoms with Crippen molar-refractivity contribution < 1.29 is 0 Å². The number of allylic oxidation sites excluding steroid dienone is 5. The molecule has 144 valence electrons. The zero-order chi connectivity index (χ0) is 20.4. The minimum Gasteiger partial charge on any atom is -0.359 e. The topological polar surface area (TPSA) is 12.0 Å². The van der Waals surface area contributed by atoms with Crippen LogP contribution in [0.5, 0.6) is 0 Å². The minimum atomic E-state index is -0.0414. The van der Waals surface area contributed by atoms with Crippen molar-refractivity contribution in [2.75, 3.05) is 5.32 Å². The van der Waals surface area contributed by atoms with Crippen molar-refractivity contribution in [3.05, 3.63) is 120 Å². The molecule has 0 fully saturated rings. The van der Waals surface area contributed by atoms with E-state index in [1.54, 1.807) is 0 Å². The molecule has 0 radical (unpaired) electrons. The number of hydrogen-bond acceptors (Lipinski definition) is 1. The van der Waals surface area contributed by atoms with Crippen LogP contribution >= 0.6 is 0 Å². The van der Waals surface area contributed by atoms with E-state index in [2.05, 4.69) is 112 Å². The smallest absolute Gasteiger partial charge is 0.0382 e. The number of fused-ring (bicyclic) bond motifs is 1. The molecule has 0 heterocycles. The number of rotatable bonds is 5. The molecule has 1 aliphatic carbocycles. The van der Waals surface area contributed by atoms with Crippen molar-refractivity contribution in [3.63, 3.8) is 0 Å². The lowest BCUT2D eigenvalue weighted by Gasteiger charge is -2.23. The molecule has 3 aromatic rings. The highest BCUT2D eigenvalue weighted by molar-refractivity contribution is 5.87. The lowest BCUT2D eigenvalue weighted by Crippen LogP contribution is -2.16. The van der Waals surface area contributed by atoms with Crippen LogP contribution in [0.15, 0.2) is 109 Å². The molecule has 1 nitrogen and oxygen atoms in total. The molecule has 0 unspecified atom stereocenters. The van der Waals surface area contributed by atoms with Crippen molar-refractivity contribution in [2.24, 2.45) is 0 Å². The van der Waals surface area contributed by atoms with E-state index in [9.17, 15) is 0 Å². The van der Waals surface area contributed by atoms with Crippen LogP contribution in [0, 0.1) is 0 Å². The van der Waals surface area contributed by atoms with Crippen LogP contribution in [0.4, 0.5) is 5.69 Å². The summed E-state index contributed by atoms with van der Waals surface area (Å²) in [7, 11) is 0. The lowest BCUT2D eigenvalue weighted by atomic mass is 9.81. The van der Waals surface area contributed by atoms with Gasteiger partial charge in [-0.1, -0.05) is 93.2 Å². The Morgan fingerprint density at radius 2 is 1.45 bits per heavy atom. The molecule has 0 aliphatic heterocycles. The van der Waals surface area contributed by atoms with Gasteiger partial charge in [0, 0.05) is 16.8 Å². The first-order valence-electron chi connectivity index (χ1n) is 10.1. The van der Waals surface area contributed by atoms with E-state index in [0.717, 1.165) is 11.4 Å². The Bertz CT molecular complexity index is 1100. The molecule has 1 aliphatic rings. The van der Waals surface area contributed by atoms with Gasteiger partial charge in [-0.2, -0.15) is 0 Å². The van der Waals surface area contributed by atoms with E-state index in [-0.39, 0.29) is 5.41 Å². The molecule has 0 atom stereocenters. The molecule has 0 saturated heterocycles. The maximum absolute atomic E-state index is 4.08. The van der Waals surface area contributed by atoms with Gasteiger partial charge in [-0.25, -0.2) is 0 Å². The van der Waals surface area contributed by atoms with Gasteiger partial charge >= 0.3 is 0 Å². The molecule has 4 rings (SSSR count). The monoisotopic (exact) mass is 377 g/mol. The Balaban J connectivity index is 1.60. The van der Waals surface area contributed by atoms with Gasteiger partial charge in [-0.3, -0.25) is 0 Å². The summed E-state index contributed by atoms with van der Waals surface area (Å²) in [4.78, 5) is 0. The van der Waals surface area contributed by atoms with E-state index in [4.69, 9.17) is 0 Å². The van der Waals surface area contributed by atoms with Gasteiger partial charge in [-0.15, -0.1) is 0 Å². The third-order valence-electron chi connectivity index (χ3n) is 5.75. The summed E-state index contributed by atoms with van der Waals surface area (Å²) in [6.45, 7) is 10.8. The molecule has 0 spiro atoms. The van der Waals surface area contributed by atoms with Gasteiger partial charge in [0.1, 0.15) is 0 Å². The number of anilines is 1. The fraction of sp³-hybridized carbons (Fsp3) is 0.143. The largest absolute Gasteiger partial charge is 0.359 e. The predicted octanol–water partition coefficient (Wildman–Crippen LogP) is 7.60. The van der Waals surface area contributed by atoms with Crippen molar-refractivity contribution >= 4 is 11.3 Å². The van der Waals surface area contributed by atoms with Crippen LogP contribution in [0.3, 0.4) is 0 Å². The third-order valence-corrected chi connectivity index (χ3v) is 5.75. The fourth-order valence-electron chi connectivity index (χ4n) is 4.22. The Morgan fingerprint density at radius 1 is 0.828 bits per heavy atom. The maximum Gasteiger partial charge on any atom is 0.0382 e. The van der Waals surface area contributed by atoms with Crippen molar-refractivity contribution in [1.29, 1.82) is 0 Å². The quantitative estimate of drug-likeness (QED) is 0.482. The van der Waals surface area contributed by atoms with Crippen molar-refractivity contribution in [1.82, 2.24) is 0 Å². The van der Waals surface area contributed by atoms with Crippen molar-refractivity contribution in [3.8, 4) is 11.1 Å². The summed E-state index contributed by atoms with van der Waals surface area (Å²) in [6, 6.07) is 27.7.